The van der Waals surface area contributed by atoms with Gasteiger partial charge in [0.05, 0.1) is 5.41 Å². The number of aromatic nitrogens is 3. The maximum atomic E-state index is 5.27. The highest BCUT2D eigenvalue weighted by molar-refractivity contribution is 7.26. The van der Waals surface area contributed by atoms with E-state index in [-0.39, 0.29) is 5.41 Å². The molecular formula is C58H35N3S. The minimum absolute atomic E-state index is 0.386. The lowest BCUT2D eigenvalue weighted by Gasteiger charge is -2.30. The molecule has 9 aromatic carbocycles. The summed E-state index contributed by atoms with van der Waals surface area (Å²) in [6, 6.07) is 76.6. The van der Waals surface area contributed by atoms with Gasteiger partial charge in [0.2, 0.25) is 0 Å². The molecular weight excluding hydrogens is 771 g/mol. The van der Waals surface area contributed by atoms with Crippen LogP contribution in [0.4, 0.5) is 0 Å². The van der Waals surface area contributed by atoms with Gasteiger partial charge in [0.1, 0.15) is 0 Å². The highest BCUT2D eigenvalue weighted by Gasteiger charge is 2.51. The molecule has 11 aromatic rings. The molecule has 13 rings (SSSR count). The van der Waals surface area contributed by atoms with E-state index in [0.29, 0.717) is 17.5 Å². The maximum absolute atomic E-state index is 5.27. The fourth-order valence-corrected chi connectivity index (χ4v) is 11.6. The molecule has 0 radical (unpaired) electrons. The summed E-state index contributed by atoms with van der Waals surface area (Å²) < 4.78 is 2.54. The minimum atomic E-state index is -0.386. The minimum Gasteiger partial charge on any atom is -0.208 e. The van der Waals surface area contributed by atoms with Crippen molar-refractivity contribution >= 4 is 31.5 Å². The van der Waals surface area contributed by atoms with Gasteiger partial charge in [-0.1, -0.05) is 206 Å². The van der Waals surface area contributed by atoms with Gasteiger partial charge in [-0.05, 0) is 67.3 Å². The fourth-order valence-electron chi connectivity index (χ4n) is 10.4. The highest BCUT2D eigenvalue weighted by Crippen LogP contribution is 2.64. The van der Waals surface area contributed by atoms with Gasteiger partial charge in [0.15, 0.2) is 17.5 Å². The average molecular weight is 806 g/mol. The van der Waals surface area contributed by atoms with Gasteiger partial charge >= 0.3 is 0 Å². The van der Waals surface area contributed by atoms with Crippen LogP contribution in [0.25, 0.3) is 98.8 Å². The van der Waals surface area contributed by atoms with Crippen LogP contribution in [0.15, 0.2) is 212 Å². The summed E-state index contributed by atoms with van der Waals surface area (Å²) in [5, 5.41) is 2.54. The first-order chi connectivity index (χ1) is 30.8. The Balaban J connectivity index is 0.957. The lowest BCUT2D eigenvalue weighted by Crippen LogP contribution is -2.25. The number of hydrogen-bond acceptors (Lipinski definition) is 4. The number of fused-ring (bicyclic) bond motifs is 13. The van der Waals surface area contributed by atoms with E-state index in [1.807, 2.05) is 29.5 Å². The largest absolute Gasteiger partial charge is 0.208 e. The molecule has 1 spiro atoms. The Morgan fingerprint density at radius 3 is 1.48 bits per heavy atom. The van der Waals surface area contributed by atoms with Crippen molar-refractivity contribution in [3.63, 3.8) is 0 Å². The van der Waals surface area contributed by atoms with Crippen molar-refractivity contribution < 1.29 is 0 Å². The van der Waals surface area contributed by atoms with Crippen LogP contribution in [0.2, 0.25) is 0 Å². The molecule has 0 fully saturated rings. The molecule has 4 heteroatoms. The van der Waals surface area contributed by atoms with Gasteiger partial charge in [-0.15, -0.1) is 11.3 Å². The van der Waals surface area contributed by atoms with Gasteiger partial charge in [-0.2, -0.15) is 0 Å². The second kappa shape index (κ2) is 13.6. The van der Waals surface area contributed by atoms with E-state index in [9.17, 15) is 0 Å². The molecule has 2 aromatic heterocycles. The van der Waals surface area contributed by atoms with Crippen molar-refractivity contribution in [1.29, 1.82) is 0 Å². The van der Waals surface area contributed by atoms with E-state index in [0.717, 1.165) is 27.8 Å². The third-order valence-electron chi connectivity index (χ3n) is 13.0. The Bertz CT molecular complexity index is 3540. The Morgan fingerprint density at radius 1 is 0.290 bits per heavy atom. The van der Waals surface area contributed by atoms with Crippen molar-refractivity contribution in [3.05, 3.63) is 235 Å². The first-order valence-corrected chi connectivity index (χ1v) is 21.9. The summed E-state index contributed by atoms with van der Waals surface area (Å²) in [5.41, 5.74) is 17.7. The van der Waals surface area contributed by atoms with Crippen molar-refractivity contribution in [2.24, 2.45) is 0 Å². The van der Waals surface area contributed by atoms with Gasteiger partial charge in [0, 0.05) is 42.4 Å². The Labute approximate surface area is 363 Å². The Kier molecular flexibility index (Phi) is 7.69. The molecule has 0 saturated carbocycles. The van der Waals surface area contributed by atoms with Gasteiger partial charge in [-0.25, -0.2) is 15.0 Å². The molecule has 0 saturated heterocycles. The zero-order valence-electron chi connectivity index (χ0n) is 33.5. The van der Waals surface area contributed by atoms with Crippen LogP contribution in [-0.2, 0) is 5.41 Å². The summed E-state index contributed by atoms with van der Waals surface area (Å²) in [6.07, 6.45) is 0. The van der Waals surface area contributed by atoms with Crippen LogP contribution in [-0.4, -0.2) is 15.0 Å². The fraction of sp³-hybridized carbons (Fsp3) is 0.0172. The van der Waals surface area contributed by atoms with Crippen LogP contribution in [0.3, 0.4) is 0 Å². The van der Waals surface area contributed by atoms with Crippen molar-refractivity contribution in [3.8, 4) is 78.7 Å². The summed E-state index contributed by atoms with van der Waals surface area (Å²) in [4.78, 5) is 15.6. The SMILES string of the molecule is c1ccc(-c2nc(-c3ccc(-c4cccc5c4-c4ccccc4C54c5ccccc5-c5ccccc54)cc3)nc(-c3ccccc3-c3cccc4c3sc3ccccc34)n2)cc1. The lowest BCUT2D eigenvalue weighted by molar-refractivity contribution is 0.794. The van der Waals surface area contributed by atoms with E-state index < -0.39 is 0 Å². The molecule has 2 aliphatic carbocycles. The summed E-state index contributed by atoms with van der Waals surface area (Å²) >= 11 is 1.84. The second-order valence-corrected chi connectivity index (χ2v) is 17.2. The van der Waals surface area contributed by atoms with Crippen LogP contribution in [0.5, 0.6) is 0 Å². The first kappa shape index (κ1) is 35.0. The molecule has 0 bridgehead atoms. The third kappa shape index (κ3) is 5.02. The van der Waals surface area contributed by atoms with Crippen molar-refractivity contribution in [2.75, 3.05) is 0 Å². The van der Waals surface area contributed by atoms with Crippen LogP contribution in [0.1, 0.15) is 22.3 Å². The summed E-state index contributed by atoms with van der Waals surface area (Å²) in [7, 11) is 0. The molecule has 0 unspecified atom stereocenters. The normalized spacial score (nSPS) is 13.0. The smallest absolute Gasteiger partial charge is 0.164 e. The Morgan fingerprint density at radius 2 is 0.758 bits per heavy atom. The zero-order chi connectivity index (χ0) is 40.8. The maximum Gasteiger partial charge on any atom is 0.164 e. The van der Waals surface area contributed by atoms with Crippen molar-refractivity contribution in [1.82, 2.24) is 15.0 Å². The topological polar surface area (TPSA) is 38.7 Å². The predicted octanol–water partition coefficient (Wildman–Crippen LogP) is 14.9. The molecule has 2 heterocycles. The summed E-state index contributed by atoms with van der Waals surface area (Å²) in [6.45, 7) is 0. The van der Waals surface area contributed by atoms with Crippen molar-refractivity contribution in [2.45, 2.75) is 5.41 Å². The lowest BCUT2D eigenvalue weighted by atomic mass is 9.70. The zero-order valence-corrected chi connectivity index (χ0v) is 34.3. The van der Waals surface area contributed by atoms with E-state index in [4.69, 9.17) is 15.0 Å². The van der Waals surface area contributed by atoms with E-state index >= 15 is 0 Å². The molecule has 0 amide bonds. The molecule has 0 atom stereocenters. The highest BCUT2D eigenvalue weighted by atomic mass is 32.1. The first-order valence-electron chi connectivity index (χ1n) is 21.1. The predicted molar refractivity (Wildman–Crippen MR) is 256 cm³/mol. The standard InChI is InChI=1S/C58H35N3S/c1-2-16-37(17-3-1)55-59-56(61-57(60-55)46-22-5-4-18-40(46)44-25-14-26-45-43-21-9-13-31-52(43)62-54(44)45)38-34-32-36(33-35-38)39-24-15-30-51-53(39)47-23-8-12-29-50(47)58(51)48-27-10-6-19-41(48)42-20-7-11-28-49(42)58/h1-35H. The van der Waals surface area contributed by atoms with E-state index in [1.165, 1.54) is 75.8 Å². The molecule has 2 aliphatic rings. The molecule has 0 N–H and O–H groups in total. The molecule has 288 valence electrons. The van der Waals surface area contributed by atoms with Crippen LogP contribution >= 0.6 is 11.3 Å². The van der Waals surface area contributed by atoms with E-state index in [2.05, 4.69) is 194 Å². The number of nitrogens with zero attached hydrogens (tertiary/aromatic N) is 3. The van der Waals surface area contributed by atoms with Gasteiger partial charge in [-0.3, -0.25) is 0 Å². The van der Waals surface area contributed by atoms with Gasteiger partial charge in [0.25, 0.3) is 0 Å². The quantitative estimate of drug-likeness (QED) is 0.174. The Hall–Kier alpha value is -7.79. The number of hydrogen-bond donors (Lipinski definition) is 0. The van der Waals surface area contributed by atoms with Crippen LogP contribution < -0.4 is 0 Å². The second-order valence-electron chi connectivity index (χ2n) is 16.2. The van der Waals surface area contributed by atoms with Gasteiger partial charge < -0.3 is 0 Å². The number of thiophene rings is 1. The molecule has 0 aliphatic heterocycles. The monoisotopic (exact) mass is 805 g/mol. The molecule has 62 heavy (non-hydrogen) atoms. The third-order valence-corrected chi connectivity index (χ3v) is 14.2. The average Bonchev–Trinajstić information content (AvgIpc) is 3.99. The molecule has 3 nitrogen and oxygen atoms in total. The van der Waals surface area contributed by atoms with E-state index in [1.54, 1.807) is 0 Å². The summed E-state index contributed by atoms with van der Waals surface area (Å²) in [5.74, 6) is 1.92. The number of benzene rings is 9. The van der Waals surface area contributed by atoms with Crippen LogP contribution in [0, 0.1) is 0 Å². The number of rotatable bonds is 5.